The number of Topliss-reactive ketones (excluding diaryl/α,β-unsaturated/α-hetero) is 2. The molecule has 8 amide bonds. The Kier molecular flexibility index (Phi) is 23.3. The molecule has 4 rings (SSSR count). The van der Waals surface area contributed by atoms with Crippen LogP contribution in [0.15, 0.2) is 64.7 Å². The first-order valence-corrected chi connectivity index (χ1v) is 24.5. The average molecular weight is 1050 g/mol. The lowest BCUT2D eigenvalue weighted by Gasteiger charge is -2.28. The molecule has 408 valence electrons. The van der Waals surface area contributed by atoms with Crippen LogP contribution in [0, 0.1) is 11.3 Å². The highest BCUT2D eigenvalue weighted by atomic mass is 16.2. The van der Waals surface area contributed by atoms with Crippen molar-refractivity contribution in [2.24, 2.45) is 44.4 Å². The number of guanidine groups is 2. The molecule has 0 saturated carbocycles. The third-order valence-corrected chi connectivity index (χ3v) is 12.0. The number of hydrogen-bond donors (Lipinski definition) is 14. The minimum Gasteiger partial charge on any atom is -0.370 e. The predicted octanol–water partition coefficient (Wildman–Crippen LogP) is -4.11. The van der Waals surface area contributed by atoms with Gasteiger partial charge < -0.3 is 76.6 Å². The van der Waals surface area contributed by atoms with Gasteiger partial charge in [-0.15, -0.1) is 0 Å². The summed E-state index contributed by atoms with van der Waals surface area (Å²) in [7, 11) is 0. The second kappa shape index (κ2) is 29.7. The Morgan fingerprint density at radius 3 is 1.89 bits per heavy atom. The third-order valence-electron chi connectivity index (χ3n) is 12.0. The topological polar surface area (TPSA) is 475 Å². The molecular weight excluding hydrogens is 987 g/mol. The first-order chi connectivity index (χ1) is 36.2. The van der Waals surface area contributed by atoms with Gasteiger partial charge in [0.1, 0.15) is 36.3 Å². The van der Waals surface area contributed by atoms with E-state index in [4.69, 9.17) is 34.4 Å². The SMILES string of the molecule is CC(=O)N[C@@H](CCCN=C(N)N)C(=O)N[C@H]1CCC(=O)C(=O)[C@H](CCCN)NC(=O)[C@H](Cc2c[nH]c3ccccc23)NC(=O)[C@H](CCCN=C(N)N)NC(=O)[C@@H](Cc2ccc(C#N)cc2)NC(=O)[C@H](CC(N)=O)NC1=O. The lowest BCUT2D eigenvalue weighted by atomic mass is 9.97. The van der Waals surface area contributed by atoms with Gasteiger partial charge in [-0.2, -0.15) is 5.26 Å². The molecule has 2 heterocycles. The number of nitriles is 1. The number of primary amides is 1. The predicted molar refractivity (Wildman–Crippen MR) is 277 cm³/mol. The summed E-state index contributed by atoms with van der Waals surface area (Å²) < 4.78 is 0. The number of benzene rings is 2. The van der Waals surface area contributed by atoms with Gasteiger partial charge in [-0.3, -0.25) is 57.9 Å². The number of aromatic nitrogens is 1. The lowest BCUT2D eigenvalue weighted by Crippen LogP contribution is -2.61. The largest absolute Gasteiger partial charge is 0.370 e. The van der Waals surface area contributed by atoms with Crippen molar-refractivity contribution in [1.82, 2.24) is 42.2 Å². The van der Waals surface area contributed by atoms with Gasteiger partial charge in [-0.1, -0.05) is 30.3 Å². The number of nitrogens with two attached hydrogens (primary N) is 6. The van der Waals surface area contributed by atoms with Crippen molar-refractivity contribution in [2.75, 3.05) is 19.6 Å². The summed E-state index contributed by atoms with van der Waals surface area (Å²) in [6.45, 7) is 1.22. The Hall–Kier alpha value is -8.93. The highest BCUT2D eigenvalue weighted by Gasteiger charge is 2.37. The summed E-state index contributed by atoms with van der Waals surface area (Å²) in [5.74, 6) is -10.4. The first kappa shape index (κ1) is 59.6. The Morgan fingerprint density at radius 2 is 1.28 bits per heavy atom. The van der Waals surface area contributed by atoms with Crippen LogP contribution < -0.4 is 71.6 Å². The number of carbonyl (C=O) groups excluding carboxylic acids is 10. The van der Waals surface area contributed by atoms with Crippen molar-refractivity contribution in [3.8, 4) is 6.07 Å². The van der Waals surface area contributed by atoms with Crippen LogP contribution in [0.4, 0.5) is 0 Å². The smallest absolute Gasteiger partial charge is 0.243 e. The number of aromatic amines is 1. The van der Waals surface area contributed by atoms with Gasteiger partial charge in [-0.25, -0.2) is 0 Å². The minimum atomic E-state index is -1.85. The summed E-state index contributed by atoms with van der Waals surface area (Å²) in [5, 5.41) is 27.9. The fourth-order valence-electron chi connectivity index (χ4n) is 8.18. The molecule has 27 heteroatoms. The van der Waals surface area contributed by atoms with E-state index in [0.29, 0.717) is 22.0 Å². The average Bonchev–Trinajstić information content (AvgIpc) is 3.78. The lowest BCUT2D eigenvalue weighted by molar-refractivity contribution is -0.140. The van der Waals surface area contributed by atoms with E-state index in [1.807, 2.05) is 6.07 Å². The second-order valence-corrected chi connectivity index (χ2v) is 18.0. The van der Waals surface area contributed by atoms with Crippen molar-refractivity contribution in [3.05, 3.63) is 71.4 Å². The summed E-state index contributed by atoms with van der Waals surface area (Å²) in [6, 6.07) is 4.12. The molecule has 2 aromatic carbocycles. The third kappa shape index (κ3) is 19.2. The summed E-state index contributed by atoms with van der Waals surface area (Å²) in [6.07, 6.45) is -1.000. The highest BCUT2D eigenvalue weighted by Crippen LogP contribution is 2.20. The molecule has 27 nitrogen and oxygen atoms in total. The fraction of sp³-hybridized carbons (Fsp3) is 0.449. The van der Waals surface area contributed by atoms with Crippen molar-refractivity contribution in [3.63, 3.8) is 0 Å². The van der Waals surface area contributed by atoms with Crippen LogP contribution in [0.3, 0.4) is 0 Å². The molecule has 76 heavy (non-hydrogen) atoms. The number of carbonyl (C=O) groups is 10. The minimum absolute atomic E-state index is 0.00509. The highest BCUT2D eigenvalue weighted by molar-refractivity contribution is 6.39. The van der Waals surface area contributed by atoms with Crippen LogP contribution in [-0.4, -0.2) is 138 Å². The monoisotopic (exact) mass is 1050 g/mol. The molecule has 20 N–H and O–H groups in total. The Bertz CT molecular complexity index is 2690. The number of para-hydroxylation sites is 1. The molecule has 0 aliphatic carbocycles. The number of rotatable bonds is 20. The van der Waals surface area contributed by atoms with E-state index in [1.54, 1.807) is 30.5 Å². The van der Waals surface area contributed by atoms with Crippen LogP contribution in [0.2, 0.25) is 0 Å². The molecule has 3 aromatic rings. The molecule has 0 bridgehead atoms. The zero-order valence-corrected chi connectivity index (χ0v) is 42.0. The summed E-state index contributed by atoms with van der Waals surface area (Å²) in [4.78, 5) is 150. The molecule has 1 saturated heterocycles. The van der Waals surface area contributed by atoms with Gasteiger partial charge in [0.2, 0.25) is 58.8 Å². The van der Waals surface area contributed by atoms with Gasteiger partial charge in [0.15, 0.2) is 11.9 Å². The van der Waals surface area contributed by atoms with Gasteiger partial charge >= 0.3 is 0 Å². The van der Waals surface area contributed by atoms with E-state index < -0.39 is 120 Å². The number of aliphatic imine (C=N–C) groups is 2. The quantitative estimate of drug-likeness (QED) is 0.0221. The second-order valence-electron chi connectivity index (χ2n) is 18.0. The van der Waals surface area contributed by atoms with Crippen LogP contribution >= 0.6 is 0 Å². The maximum Gasteiger partial charge on any atom is 0.243 e. The van der Waals surface area contributed by atoms with Crippen molar-refractivity contribution >= 4 is 81.6 Å². The molecule has 1 fully saturated rings. The van der Waals surface area contributed by atoms with Crippen molar-refractivity contribution in [2.45, 2.75) is 120 Å². The maximum atomic E-state index is 14.6. The Labute approximate surface area is 437 Å². The summed E-state index contributed by atoms with van der Waals surface area (Å²) >= 11 is 0. The molecule has 1 aliphatic rings. The number of hydrogen-bond acceptors (Lipinski definition) is 14. The van der Waals surface area contributed by atoms with Crippen molar-refractivity contribution < 1.29 is 47.9 Å². The molecular formula is C49H67N17O10. The molecule has 1 aromatic heterocycles. The van der Waals surface area contributed by atoms with Crippen LogP contribution in [-0.2, 0) is 60.8 Å². The standard InChI is InChI=1S/C49H67N17O10/c1-26(67)60-33(10-5-19-57-48(53)54)42(71)63-35-16-17-39(68)41(70)32(9-4-18-50)61-46(75)37(22-29-25-59-31-8-3-2-7-30(29)31)65-43(72)34(11-6-20-58-49(55)56)62-45(74)36(21-27-12-14-28(24-51)15-13-27)64-47(76)38(23-40(52)69)66-44(35)73/h2-3,7-8,12-15,25,32-38,59H,4-6,9-11,16-23,50H2,1H3,(H2,52,69)(H,60,67)(H,61,75)(H,62,74)(H,63,71)(H,64,76)(H,65,72)(H,66,73)(H4,53,54,57)(H4,55,56,58)/t32-,33-,34-,35-,36+,37-,38-/m0/s1. The number of nitrogens with zero attached hydrogens (tertiary/aromatic N) is 3. The van der Waals surface area contributed by atoms with Gasteiger partial charge in [0.05, 0.1) is 24.1 Å². The maximum absolute atomic E-state index is 14.6. The number of ketones is 2. The zero-order valence-electron chi connectivity index (χ0n) is 42.0. The van der Waals surface area contributed by atoms with Crippen LogP contribution in [0.1, 0.15) is 81.4 Å². The molecule has 0 unspecified atom stereocenters. The molecule has 7 atom stereocenters. The number of H-pyrrole nitrogens is 1. The van der Waals surface area contributed by atoms with Gasteiger partial charge in [0.25, 0.3) is 0 Å². The molecule has 0 radical (unpaired) electrons. The van der Waals surface area contributed by atoms with Crippen molar-refractivity contribution in [1.29, 1.82) is 5.26 Å². The van der Waals surface area contributed by atoms with E-state index >= 15 is 0 Å². The Balaban J connectivity index is 1.87. The van der Waals surface area contributed by atoms with E-state index in [-0.39, 0.29) is 88.5 Å². The normalized spacial score (nSPS) is 20.5. The van der Waals surface area contributed by atoms with Gasteiger partial charge in [0, 0.05) is 56.4 Å². The number of nitrogens with one attached hydrogen (secondary N) is 8. The zero-order chi connectivity index (χ0) is 55.9. The number of fused-ring (bicyclic) bond motifs is 1. The van der Waals surface area contributed by atoms with E-state index in [2.05, 4.69) is 52.2 Å². The van der Waals surface area contributed by atoms with E-state index in [1.165, 1.54) is 24.3 Å². The van der Waals surface area contributed by atoms with Crippen LogP contribution in [0.5, 0.6) is 0 Å². The van der Waals surface area contributed by atoms with E-state index in [9.17, 15) is 53.2 Å². The van der Waals surface area contributed by atoms with E-state index in [0.717, 1.165) is 6.92 Å². The molecule has 1 aliphatic heterocycles. The van der Waals surface area contributed by atoms with Gasteiger partial charge in [-0.05, 0) is 80.8 Å². The van der Waals surface area contributed by atoms with Crippen LogP contribution in [0.25, 0.3) is 10.9 Å². The summed E-state index contributed by atoms with van der Waals surface area (Å²) in [5.41, 5.74) is 35.3. The molecule has 0 spiro atoms. The Morgan fingerprint density at radius 1 is 0.711 bits per heavy atom. The first-order valence-electron chi connectivity index (χ1n) is 24.5. The fourth-order valence-corrected chi connectivity index (χ4v) is 8.18. The number of amides is 8.